The van der Waals surface area contributed by atoms with Gasteiger partial charge >= 0.3 is 5.97 Å². The summed E-state index contributed by atoms with van der Waals surface area (Å²) in [4.78, 5) is 26.2. The van der Waals surface area contributed by atoms with Gasteiger partial charge in [-0.1, -0.05) is 42.2 Å². The van der Waals surface area contributed by atoms with Gasteiger partial charge in [0.15, 0.2) is 0 Å². The molecule has 2 heterocycles. The molecule has 128 valence electrons. The van der Waals surface area contributed by atoms with Gasteiger partial charge in [0.25, 0.3) is 5.91 Å². The summed E-state index contributed by atoms with van der Waals surface area (Å²) in [6, 6.07) is 10.5. The number of carbonyl (C=O) groups is 2. The van der Waals surface area contributed by atoms with Crippen LogP contribution in [0.25, 0.3) is 17.4 Å². The molecule has 1 saturated heterocycles. The molecule has 1 aromatic carbocycles. The fraction of sp³-hybridized carbons (Fsp3) is 0.167. The maximum absolute atomic E-state index is 12.3. The second-order valence-corrected chi connectivity index (χ2v) is 6.84. The van der Waals surface area contributed by atoms with Crippen molar-refractivity contribution in [1.29, 1.82) is 0 Å². The average molecular weight is 373 g/mol. The number of esters is 1. The summed E-state index contributed by atoms with van der Waals surface area (Å²) >= 11 is 6.45. The second-order valence-electron chi connectivity index (χ2n) is 5.17. The molecule has 1 aromatic heterocycles. The molecule has 5 nitrogen and oxygen atoms in total. The van der Waals surface area contributed by atoms with Gasteiger partial charge < -0.3 is 9.15 Å². The average Bonchev–Trinajstić information content (AvgIpc) is 3.19. The minimum absolute atomic E-state index is 0.120. The zero-order valence-corrected chi connectivity index (χ0v) is 15.3. The van der Waals surface area contributed by atoms with Crippen molar-refractivity contribution in [2.75, 3.05) is 13.7 Å². The number of nitrogens with zero attached hydrogens (tertiary/aromatic N) is 1. The molecule has 1 fully saturated rings. The molecule has 3 rings (SSSR count). The van der Waals surface area contributed by atoms with Crippen LogP contribution in [0.4, 0.5) is 0 Å². The van der Waals surface area contributed by atoms with E-state index in [4.69, 9.17) is 21.4 Å². The molecular formula is C18H15NO4S2. The van der Waals surface area contributed by atoms with Crippen molar-refractivity contribution in [1.82, 2.24) is 4.90 Å². The van der Waals surface area contributed by atoms with Gasteiger partial charge in [-0.2, -0.15) is 0 Å². The van der Waals surface area contributed by atoms with Gasteiger partial charge in [-0.25, -0.2) is 4.79 Å². The van der Waals surface area contributed by atoms with Crippen molar-refractivity contribution < 1.29 is 18.7 Å². The van der Waals surface area contributed by atoms with Crippen LogP contribution in [0.15, 0.2) is 45.7 Å². The van der Waals surface area contributed by atoms with Crippen LogP contribution in [0, 0.1) is 0 Å². The summed E-state index contributed by atoms with van der Waals surface area (Å²) in [6.07, 6.45) is 1.67. The molecule has 1 aliphatic heterocycles. The van der Waals surface area contributed by atoms with Crippen molar-refractivity contribution in [3.63, 3.8) is 0 Å². The minimum Gasteiger partial charge on any atom is -0.465 e. The monoisotopic (exact) mass is 373 g/mol. The zero-order chi connectivity index (χ0) is 18.0. The van der Waals surface area contributed by atoms with Gasteiger partial charge in [0.2, 0.25) is 0 Å². The summed E-state index contributed by atoms with van der Waals surface area (Å²) in [5.41, 5.74) is 1.05. The smallest absolute Gasteiger partial charge is 0.338 e. The van der Waals surface area contributed by atoms with Crippen molar-refractivity contribution >= 4 is 46.3 Å². The van der Waals surface area contributed by atoms with E-state index in [2.05, 4.69) is 0 Å². The second kappa shape index (κ2) is 7.25. The van der Waals surface area contributed by atoms with Gasteiger partial charge in [0, 0.05) is 18.2 Å². The number of thiocarbonyl (C=S) groups is 1. The number of hydrogen-bond donors (Lipinski definition) is 0. The Morgan fingerprint density at radius 2 is 2.08 bits per heavy atom. The number of ether oxygens (including phenoxy) is 1. The first-order valence-electron chi connectivity index (χ1n) is 7.58. The Morgan fingerprint density at radius 3 is 2.76 bits per heavy atom. The summed E-state index contributed by atoms with van der Waals surface area (Å²) < 4.78 is 11.2. The normalized spacial score (nSPS) is 15.9. The lowest BCUT2D eigenvalue weighted by Gasteiger charge is -2.09. The molecular weight excluding hydrogens is 358 g/mol. The van der Waals surface area contributed by atoms with Gasteiger partial charge in [-0.05, 0) is 25.1 Å². The summed E-state index contributed by atoms with van der Waals surface area (Å²) in [5.74, 6) is 0.493. The van der Waals surface area contributed by atoms with Crippen LogP contribution in [0.3, 0.4) is 0 Å². The van der Waals surface area contributed by atoms with Crippen molar-refractivity contribution in [2.24, 2.45) is 0 Å². The Kier molecular flexibility index (Phi) is 5.06. The van der Waals surface area contributed by atoms with Crippen molar-refractivity contribution in [3.05, 3.63) is 52.6 Å². The van der Waals surface area contributed by atoms with Gasteiger partial charge in [-0.3, -0.25) is 9.69 Å². The first-order chi connectivity index (χ1) is 12.0. The van der Waals surface area contributed by atoms with Crippen molar-refractivity contribution in [2.45, 2.75) is 6.92 Å². The number of amides is 1. The maximum Gasteiger partial charge on any atom is 0.338 e. The molecule has 0 spiro atoms. The predicted octanol–water partition coefficient (Wildman–Crippen LogP) is 3.95. The molecule has 0 N–H and O–H groups in total. The third kappa shape index (κ3) is 3.38. The highest BCUT2D eigenvalue weighted by Gasteiger charge is 2.30. The van der Waals surface area contributed by atoms with Crippen LogP contribution in [0.2, 0.25) is 0 Å². The Labute approximate surface area is 154 Å². The lowest BCUT2D eigenvalue weighted by Crippen LogP contribution is -2.27. The number of furan rings is 1. The number of carbonyl (C=O) groups excluding carboxylic acids is 2. The molecule has 0 atom stereocenters. The highest BCUT2D eigenvalue weighted by molar-refractivity contribution is 8.26. The molecule has 0 bridgehead atoms. The number of methoxy groups -OCH3 is 1. The Balaban J connectivity index is 1.92. The third-order valence-electron chi connectivity index (χ3n) is 3.69. The topological polar surface area (TPSA) is 59.8 Å². The molecule has 2 aromatic rings. The lowest BCUT2D eigenvalue weighted by atomic mass is 10.1. The van der Waals surface area contributed by atoms with Gasteiger partial charge in [-0.15, -0.1) is 0 Å². The quantitative estimate of drug-likeness (QED) is 0.459. The summed E-state index contributed by atoms with van der Waals surface area (Å²) in [6.45, 7) is 2.42. The van der Waals surface area contributed by atoms with Crippen LogP contribution in [-0.2, 0) is 9.53 Å². The molecule has 1 aliphatic rings. The third-order valence-corrected chi connectivity index (χ3v) is 5.07. The molecule has 0 saturated carbocycles. The van der Waals surface area contributed by atoms with E-state index in [1.165, 1.54) is 18.9 Å². The van der Waals surface area contributed by atoms with E-state index in [-0.39, 0.29) is 5.91 Å². The zero-order valence-electron chi connectivity index (χ0n) is 13.6. The molecule has 1 amide bonds. The molecule has 0 radical (unpaired) electrons. The fourth-order valence-electron chi connectivity index (χ4n) is 2.46. The highest BCUT2D eigenvalue weighted by atomic mass is 32.2. The van der Waals surface area contributed by atoms with E-state index < -0.39 is 5.97 Å². The van der Waals surface area contributed by atoms with E-state index in [0.29, 0.717) is 38.4 Å². The first-order valence-corrected chi connectivity index (χ1v) is 8.80. The fourth-order valence-corrected chi connectivity index (χ4v) is 3.83. The highest BCUT2D eigenvalue weighted by Crippen LogP contribution is 2.33. The lowest BCUT2D eigenvalue weighted by molar-refractivity contribution is -0.122. The van der Waals surface area contributed by atoms with E-state index in [9.17, 15) is 9.59 Å². The minimum atomic E-state index is -0.433. The predicted molar refractivity (Wildman–Crippen MR) is 101 cm³/mol. The molecule has 0 aliphatic carbocycles. The SMILES string of the molecule is CCN1C(=O)/C(=C\c2ccc(-c3ccccc3C(=O)OC)o2)SC1=S. The number of rotatable bonds is 4. The number of benzene rings is 1. The van der Waals surface area contributed by atoms with Crippen LogP contribution < -0.4 is 0 Å². The van der Waals surface area contributed by atoms with Crippen LogP contribution in [0.5, 0.6) is 0 Å². The molecule has 0 unspecified atom stereocenters. The standard InChI is InChI=1S/C18H15NO4S2/c1-3-19-16(20)15(25-18(19)24)10-11-8-9-14(23-11)12-6-4-5-7-13(12)17(21)22-2/h4-10H,3H2,1-2H3/b15-10+. The van der Waals surface area contributed by atoms with E-state index >= 15 is 0 Å². The van der Waals surface area contributed by atoms with Crippen LogP contribution >= 0.6 is 24.0 Å². The Hall–Kier alpha value is -2.38. The molecule has 25 heavy (non-hydrogen) atoms. The maximum atomic E-state index is 12.3. The van der Waals surface area contributed by atoms with Gasteiger partial charge in [0.05, 0.1) is 17.6 Å². The number of likely N-dealkylation sites (N-methyl/N-ethyl adjacent to an activating group) is 1. The summed E-state index contributed by atoms with van der Waals surface area (Å²) in [5, 5.41) is 0. The van der Waals surface area contributed by atoms with Crippen LogP contribution in [0.1, 0.15) is 23.0 Å². The Bertz CT molecular complexity index is 885. The van der Waals surface area contributed by atoms with Crippen LogP contribution in [-0.4, -0.2) is 34.8 Å². The Morgan fingerprint density at radius 1 is 1.32 bits per heavy atom. The van der Waals surface area contributed by atoms with E-state index in [1.807, 2.05) is 13.0 Å². The van der Waals surface area contributed by atoms with Crippen molar-refractivity contribution in [3.8, 4) is 11.3 Å². The number of hydrogen-bond acceptors (Lipinski definition) is 6. The van der Waals surface area contributed by atoms with E-state index in [0.717, 1.165) is 0 Å². The summed E-state index contributed by atoms with van der Waals surface area (Å²) in [7, 11) is 1.34. The van der Waals surface area contributed by atoms with E-state index in [1.54, 1.807) is 41.3 Å². The molecule has 7 heteroatoms. The number of thioether (sulfide) groups is 1. The first kappa shape index (κ1) is 17.4. The largest absolute Gasteiger partial charge is 0.465 e. The van der Waals surface area contributed by atoms with Gasteiger partial charge in [0.1, 0.15) is 15.8 Å².